The average molecular weight is 265 g/mol. The summed E-state index contributed by atoms with van der Waals surface area (Å²) in [6.07, 6.45) is 1.31. The third-order valence-corrected chi connectivity index (χ3v) is 3.64. The number of hydrogen-bond donors (Lipinski definition) is 2. The Morgan fingerprint density at radius 3 is 2.89 bits per heavy atom. The van der Waals surface area contributed by atoms with E-state index in [-0.39, 0.29) is 0 Å². The first kappa shape index (κ1) is 13.8. The molecule has 1 aromatic rings. The molecular formula is C14H19NO4. The molecule has 2 N–H and O–H groups in total. The number of carboxylic acids is 1. The molecule has 0 bridgehead atoms. The lowest BCUT2D eigenvalue weighted by atomic mass is 9.91. The molecule has 1 aliphatic carbocycles. The molecule has 5 heteroatoms. The molecule has 2 rings (SSSR count). The zero-order chi connectivity index (χ0) is 13.9. The van der Waals surface area contributed by atoms with E-state index in [4.69, 9.17) is 9.47 Å². The Labute approximate surface area is 112 Å². The van der Waals surface area contributed by atoms with Crippen LogP contribution in [0.5, 0.6) is 5.75 Å². The first-order valence-electron chi connectivity index (χ1n) is 6.29. The van der Waals surface area contributed by atoms with Gasteiger partial charge in [0.2, 0.25) is 0 Å². The minimum atomic E-state index is -1.03. The quantitative estimate of drug-likeness (QED) is 0.755. The summed E-state index contributed by atoms with van der Waals surface area (Å²) < 4.78 is 10.2. The van der Waals surface area contributed by atoms with Gasteiger partial charge in [-0.15, -0.1) is 0 Å². The predicted molar refractivity (Wildman–Crippen MR) is 70.5 cm³/mol. The first-order chi connectivity index (χ1) is 9.14. The zero-order valence-electron chi connectivity index (χ0n) is 11.2. The maximum absolute atomic E-state index is 11.7. The van der Waals surface area contributed by atoms with Gasteiger partial charge < -0.3 is 14.6 Å². The second-order valence-electron chi connectivity index (χ2n) is 4.65. The summed E-state index contributed by atoms with van der Waals surface area (Å²) in [7, 11) is 3.18. The van der Waals surface area contributed by atoms with Crippen LogP contribution in [0.15, 0.2) is 18.2 Å². The molecule has 104 valence electrons. The number of benzene rings is 1. The lowest BCUT2D eigenvalue weighted by molar-refractivity contribution is -0.145. The van der Waals surface area contributed by atoms with Gasteiger partial charge >= 0.3 is 5.97 Å². The van der Waals surface area contributed by atoms with Crippen LogP contribution in [-0.2, 0) is 21.5 Å². The fourth-order valence-corrected chi connectivity index (χ4v) is 2.60. The predicted octanol–water partition coefficient (Wildman–Crippen LogP) is 1.16. The van der Waals surface area contributed by atoms with Crippen LogP contribution < -0.4 is 10.1 Å². The summed E-state index contributed by atoms with van der Waals surface area (Å²) in [5.41, 5.74) is 0.839. The van der Waals surface area contributed by atoms with Crippen molar-refractivity contribution in [3.05, 3.63) is 29.3 Å². The van der Waals surface area contributed by atoms with Crippen LogP contribution in [0.3, 0.4) is 0 Å². The molecule has 1 atom stereocenters. The van der Waals surface area contributed by atoms with E-state index in [0.29, 0.717) is 25.3 Å². The van der Waals surface area contributed by atoms with Gasteiger partial charge in [-0.05, 0) is 36.1 Å². The van der Waals surface area contributed by atoms with Crippen molar-refractivity contribution in [1.29, 1.82) is 0 Å². The fraction of sp³-hybridized carbons (Fsp3) is 0.500. The molecular weight excluding hydrogens is 246 g/mol. The van der Waals surface area contributed by atoms with Crippen molar-refractivity contribution in [3.8, 4) is 5.75 Å². The normalized spacial score (nSPS) is 21.2. The lowest BCUT2D eigenvalue weighted by Crippen LogP contribution is -2.48. The Bertz CT molecular complexity index is 475. The number of fused-ring (bicyclic) bond motifs is 1. The summed E-state index contributed by atoms with van der Waals surface area (Å²) in [4.78, 5) is 11.7. The molecule has 1 aromatic carbocycles. The van der Waals surface area contributed by atoms with Crippen LogP contribution in [0.2, 0.25) is 0 Å². The first-order valence-corrected chi connectivity index (χ1v) is 6.29. The smallest absolute Gasteiger partial charge is 0.328 e. The summed E-state index contributed by atoms with van der Waals surface area (Å²) in [6.45, 7) is 0.980. The van der Waals surface area contributed by atoms with Gasteiger partial charge in [-0.3, -0.25) is 5.32 Å². The number of carboxylic acid groups (broad SMARTS) is 1. The molecule has 1 unspecified atom stereocenters. The van der Waals surface area contributed by atoms with E-state index in [9.17, 15) is 9.90 Å². The van der Waals surface area contributed by atoms with E-state index in [1.54, 1.807) is 14.2 Å². The molecule has 19 heavy (non-hydrogen) atoms. The third kappa shape index (κ3) is 2.43. The molecule has 0 heterocycles. The number of ether oxygens (including phenoxy) is 2. The van der Waals surface area contributed by atoms with Gasteiger partial charge in [0.25, 0.3) is 0 Å². The maximum Gasteiger partial charge on any atom is 0.328 e. The van der Waals surface area contributed by atoms with Crippen LogP contribution in [-0.4, -0.2) is 38.4 Å². The fourth-order valence-electron chi connectivity index (χ4n) is 2.60. The second kappa shape index (κ2) is 5.59. The van der Waals surface area contributed by atoms with Gasteiger partial charge in [-0.2, -0.15) is 0 Å². The van der Waals surface area contributed by atoms with E-state index in [1.807, 2.05) is 18.2 Å². The van der Waals surface area contributed by atoms with Crippen molar-refractivity contribution in [2.45, 2.75) is 18.4 Å². The minimum absolute atomic E-state index is 0.480. The minimum Gasteiger partial charge on any atom is -0.497 e. The van der Waals surface area contributed by atoms with Gasteiger partial charge in [0.05, 0.1) is 13.7 Å². The van der Waals surface area contributed by atoms with Gasteiger partial charge in [0.15, 0.2) is 0 Å². The monoisotopic (exact) mass is 265 g/mol. The van der Waals surface area contributed by atoms with E-state index < -0.39 is 11.5 Å². The molecule has 0 spiro atoms. The van der Waals surface area contributed by atoms with E-state index in [0.717, 1.165) is 17.5 Å². The summed E-state index contributed by atoms with van der Waals surface area (Å²) in [6, 6.07) is 5.62. The number of aliphatic carboxylic acids is 1. The number of carbonyl (C=O) groups is 1. The van der Waals surface area contributed by atoms with Crippen LogP contribution in [0.25, 0.3) is 0 Å². The van der Waals surface area contributed by atoms with Crippen molar-refractivity contribution < 1.29 is 19.4 Å². The summed E-state index contributed by atoms with van der Waals surface area (Å²) in [5, 5.41) is 12.8. The largest absolute Gasteiger partial charge is 0.497 e. The van der Waals surface area contributed by atoms with Crippen LogP contribution in [0.1, 0.15) is 17.5 Å². The highest BCUT2D eigenvalue weighted by Gasteiger charge is 2.45. The lowest BCUT2D eigenvalue weighted by Gasteiger charge is -2.27. The van der Waals surface area contributed by atoms with E-state index in [2.05, 4.69) is 5.32 Å². The van der Waals surface area contributed by atoms with Gasteiger partial charge in [-0.1, -0.05) is 6.07 Å². The molecule has 1 aliphatic rings. The Kier molecular flexibility index (Phi) is 4.07. The number of aryl methyl sites for hydroxylation is 1. The summed E-state index contributed by atoms with van der Waals surface area (Å²) in [5.74, 6) is -0.171. The third-order valence-electron chi connectivity index (χ3n) is 3.64. The topological polar surface area (TPSA) is 67.8 Å². The second-order valence-corrected chi connectivity index (χ2v) is 4.65. The molecule has 0 aromatic heterocycles. The molecule has 0 aliphatic heterocycles. The molecule has 5 nitrogen and oxygen atoms in total. The van der Waals surface area contributed by atoms with Crippen molar-refractivity contribution in [2.24, 2.45) is 0 Å². The Hall–Kier alpha value is -1.59. The Morgan fingerprint density at radius 1 is 1.47 bits per heavy atom. The van der Waals surface area contributed by atoms with Crippen LogP contribution in [0, 0.1) is 0 Å². The number of methoxy groups -OCH3 is 2. The van der Waals surface area contributed by atoms with Crippen LogP contribution in [0.4, 0.5) is 0 Å². The van der Waals surface area contributed by atoms with Crippen molar-refractivity contribution in [3.63, 3.8) is 0 Å². The zero-order valence-corrected chi connectivity index (χ0v) is 11.2. The van der Waals surface area contributed by atoms with E-state index >= 15 is 0 Å². The maximum atomic E-state index is 11.7. The standard InChI is InChI=1S/C14H19NO4/c1-18-8-7-15-14(13(16)17)6-5-10-3-4-11(19-2)9-12(10)14/h3-4,9,15H,5-8H2,1-2H3,(H,16,17). The highest BCUT2D eigenvalue weighted by atomic mass is 16.5. The van der Waals surface area contributed by atoms with Crippen molar-refractivity contribution in [1.82, 2.24) is 5.32 Å². The van der Waals surface area contributed by atoms with Gasteiger partial charge in [0, 0.05) is 13.7 Å². The summed E-state index contributed by atoms with van der Waals surface area (Å²) >= 11 is 0. The highest BCUT2D eigenvalue weighted by Crippen LogP contribution is 2.39. The number of rotatable bonds is 6. The number of hydrogen-bond acceptors (Lipinski definition) is 4. The average Bonchev–Trinajstić information content (AvgIpc) is 2.78. The molecule has 0 amide bonds. The molecule has 0 saturated carbocycles. The Balaban J connectivity index is 2.35. The van der Waals surface area contributed by atoms with Crippen molar-refractivity contribution in [2.75, 3.05) is 27.4 Å². The highest BCUT2D eigenvalue weighted by molar-refractivity contribution is 5.83. The molecule has 0 fully saturated rings. The van der Waals surface area contributed by atoms with E-state index in [1.165, 1.54) is 0 Å². The SMILES string of the molecule is COCCNC1(C(=O)O)CCc2ccc(OC)cc21. The molecule has 0 saturated heterocycles. The Morgan fingerprint density at radius 2 is 2.26 bits per heavy atom. The van der Waals surface area contributed by atoms with Gasteiger partial charge in [-0.25, -0.2) is 4.79 Å². The molecule has 0 radical (unpaired) electrons. The van der Waals surface area contributed by atoms with Gasteiger partial charge in [0.1, 0.15) is 11.3 Å². The van der Waals surface area contributed by atoms with Crippen LogP contribution >= 0.6 is 0 Å². The van der Waals surface area contributed by atoms with Crippen molar-refractivity contribution >= 4 is 5.97 Å². The number of nitrogens with one attached hydrogen (secondary N) is 1.